The number of hydrogen-bond acceptors (Lipinski definition) is 2. The van der Waals surface area contributed by atoms with E-state index in [2.05, 4.69) is 0 Å². The largest absolute Gasteiger partial charge is 0.481 e. The molecule has 0 atom stereocenters. The van der Waals surface area contributed by atoms with E-state index >= 15 is 0 Å². The summed E-state index contributed by atoms with van der Waals surface area (Å²) in [4.78, 5) is 11.1. The minimum atomic E-state index is -0.667. The van der Waals surface area contributed by atoms with Crippen LogP contribution in [-0.4, -0.2) is 16.6 Å². The summed E-state index contributed by atoms with van der Waals surface area (Å²) in [5, 5.41) is 9.16. The van der Waals surface area contributed by atoms with Gasteiger partial charge >= 0.3 is 5.97 Å². The maximum absolute atomic E-state index is 11.1. The van der Waals surface area contributed by atoms with E-state index in [1.165, 1.54) is 0 Å². The van der Waals surface area contributed by atoms with E-state index in [0.717, 1.165) is 38.5 Å². The summed E-state index contributed by atoms with van der Waals surface area (Å²) in [6.07, 6.45) is 5.45. The third kappa shape index (κ3) is 0.829. The second-order valence-corrected chi connectivity index (χ2v) is 4.25. The number of aliphatic carboxylic acids is 1. The van der Waals surface area contributed by atoms with Gasteiger partial charge in [0.15, 0.2) is 0 Å². The van der Waals surface area contributed by atoms with Crippen molar-refractivity contribution in [1.82, 2.24) is 0 Å². The van der Waals surface area contributed by atoms with Crippen molar-refractivity contribution in [3.8, 4) is 0 Å². The molecule has 0 aliphatic heterocycles. The smallest absolute Gasteiger partial charge is 0.311 e. The first-order chi connectivity index (χ1) is 5.61. The van der Waals surface area contributed by atoms with Crippen LogP contribution in [0, 0.1) is 5.41 Å². The molecule has 2 aliphatic rings. The Morgan fingerprint density at radius 1 is 1.17 bits per heavy atom. The molecule has 0 saturated heterocycles. The lowest BCUT2D eigenvalue weighted by molar-refractivity contribution is -0.150. The molecule has 2 aliphatic carbocycles. The topological polar surface area (TPSA) is 63.3 Å². The minimum Gasteiger partial charge on any atom is -0.481 e. The summed E-state index contributed by atoms with van der Waals surface area (Å²) in [5.74, 6) is -0.667. The highest BCUT2D eigenvalue weighted by Gasteiger charge is 2.61. The van der Waals surface area contributed by atoms with Crippen LogP contribution in [-0.2, 0) is 4.79 Å². The van der Waals surface area contributed by atoms with Crippen LogP contribution in [0.15, 0.2) is 0 Å². The van der Waals surface area contributed by atoms with Crippen molar-refractivity contribution in [3.63, 3.8) is 0 Å². The molecule has 2 fully saturated rings. The molecule has 0 amide bonds. The van der Waals surface area contributed by atoms with Crippen molar-refractivity contribution in [2.75, 3.05) is 0 Å². The fourth-order valence-corrected chi connectivity index (χ4v) is 2.52. The van der Waals surface area contributed by atoms with Crippen LogP contribution >= 0.6 is 0 Å². The molecule has 0 aromatic carbocycles. The van der Waals surface area contributed by atoms with Crippen molar-refractivity contribution in [2.24, 2.45) is 11.1 Å². The molecule has 0 bridgehead atoms. The van der Waals surface area contributed by atoms with Crippen LogP contribution in [0.25, 0.3) is 0 Å². The van der Waals surface area contributed by atoms with Crippen molar-refractivity contribution < 1.29 is 9.90 Å². The van der Waals surface area contributed by atoms with E-state index in [0.29, 0.717) is 0 Å². The van der Waals surface area contributed by atoms with Gasteiger partial charge in [-0.2, -0.15) is 0 Å². The van der Waals surface area contributed by atoms with E-state index in [4.69, 9.17) is 10.8 Å². The Hall–Kier alpha value is -0.570. The third-order valence-corrected chi connectivity index (χ3v) is 3.61. The molecular weight excluding hydrogens is 154 g/mol. The van der Waals surface area contributed by atoms with E-state index < -0.39 is 11.4 Å². The second-order valence-electron chi connectivity index (χ2n) is 4.25. The lowest BCUT2D eigenvalue weighted by Crippen LogP contribution is -2.48. The Morgan fingerprint density at radius 2 is 1.67 bits per heavy atom. The van der Waals surface area contributed by atoms with Crippen LogP contribution in [0.2, 0.25) is 0 Å². The van der Waals surface area contributed by atoms with Gasteiger partial charge in [-0.15, -0.1) is 0 Å². The Bertz CT molecular complexity index is 215. The Balaban J connectivity index is 2.27. The highest BCUT2D eigenvalue weighted by molar-refractivity contribution is 5.78. The van der Waals surface area contributed by atoms with Gasteiger partial charge in [0.05, 0.1) is 5.41 Å². The van der Waals surface area contributed by atoms with Crippen LogP contribution in [0.4, 0.5) is 0 Å². The van der Waals surface area contributed by atoms with E-state index in [9.17, 15) is 4.79 Å². The standard InChI is InChI=1S/C9H15NO2/c10-9(5-6-9)8(7(11)12)3-1-2-4-8/h1-6,10H2,(H,11,12). The Morgan fingerprint density at radius 3 is 2.00 bits per heavy atom. The zero-order chi connectivity index (χ0) is 8.82. The molecule has 3 heteroatoms. The molecular formula is C9H15NO2. The first kappa shape index (κ1) is 8.05. The van der Waals surface area contributed by atoms with Gasteiger partial charge in [0.1, 0.15) is 0 Å². The van der Waals surface area contributed by atoms with Crippen molar-refractivity contribution in [1.29, 1.82) is 0 Å². The molecule has 2 saturated carbocycles. The van der Waals surface area contributed by atoms with Crippen LogP contribution in [0.1, 0.15) is 38.5 Å². The van der Waals surface area contributed by atoms with Crippen LogP contribution < -0.4 is 5.73 Å². The number of rotatable bonds is 2. The van der Waals surface area contributed by atoms with Gasteiger partial charge in [-0.05, 0) is 25.7 Å². The first-order valence-corrected chi connectivity index (χ1v) is 4.63. The summed E-state index contributed by atoms with van der Waals surface area (Å²) >= 11 is 0. The summed E-state index contributed by atoms with van der Waals surface area (Å²) in [7, 11) is 0. The monoisotopic (exact) mass is 169 g/mol. The molecule has 0 spiro atoms. The van der Waals surface area contributed by atoms with E-state index in [1.807, 2.05) is 0 Å². The molecule has 3 nitrogen and oxygen atoms in total. The van der Waals surface area contributed by atoms with Crippen molar-refractivity contribution in [2.45, 2.75) is 44.1 Å². The predicted molar refractivity (Wildman–Crippen MR) is 44.7 cm³/mol. The van der Waals surface area contributed by atoms with Crippen molar-refractivity contribution >= 4 is 5.97 Å². The lowest BCUT2D eigenvalue weighted by atomic mass is 9.77. The third-order valence-electron chi connectivity index (χ3n) is 3.61. The maximum atomic E-state index is 11.1. The molecule has 68 valence electrons. The molecule has 0 unspecified atom stereocenters. The lowest BCUT2D eigenvalue weighted by Gasteiger charge is -2.30. The molecule has 0 aromatic heterocycles. The van der Waals surface area contributed by atoms with Gasteiger partial charge in [-0.3, -0.25) is 4.79 Å². The molecule has 3 N–H and O–H groups in total. The fraction of sp³-hybridized carbons (Fsp3) is 0.889. The molecule has 0 aromatic rings. The number of hydrogen-bond donors (Lipinski definition) is 2. The van der Waals surface area contributed by atoms with Gasteiger partial charge in [0, 0.05) is 5.54 Å². The average Bonchev–Trinajstić information content (AvgIpc) is 2.62. The average molecular weight is 169 g/mol. The summed E-state index contributed by atoms with van der Waals surface area (Å²) in [6.45, 7) is 0. The molecule has 12 heavy (non-hydrogen) atoms. The second kappa shape index (κ2) is 2.22. The molecule has 2 rings (SSSR count). The van der Waals surface area contributed by atoms with Gasteiger partial charge < -0.3 is 10.8 Å². The van der Waals surface area contributed by atoms with Crippen molar-refractivity contribution in [3.05, 3.63) is 0 Å². The fourth-order valence-electron chi connectivity index (χ4n) is 2.52. The number of nitrogens with two attached hydrogens (primary N) is 1. The SMILES string of the molecule is NC1(C2(C(=O)O)CCCC2)CC1. The first-order valence-electron chi connectivity index (χ1n) is 4.63. The summed E-state index contributed by atoms with van der Waals surface area (Å²) in [6, 6.07) is 0. The van der Waals surface area contributed by atoms with Crippen LogP contribution in [0.5, 0.6) is 0 Å². The quantitative estimate of drug-likeness (QED) is 0.651. The molecule has 0 radical (unpaired) electrons. The zero-order valence-corrected chi connectivity index (χ0v) is 7.18. The predicted octanol–water partition coefficient (Wildman–Crippen LogP) is 1.12. The highest BCUT2D eigenvalue weighted by atomic mass is 16.4. The maximum Gasteiger partial charge on any atom is 0.311 e. The zero-order valence-electron chi connectivity index (χ0n) is 7.18. The summed E-state index contributed by atoms with van der Waals surface area (Å²) in [5.41, 5.74) is 5.09. The van der Waals surface area contributed by atoms with Gasteiger partial charge in [0.25, 0.3) is 0 Å². The van der Waals surface area contributed by atoms with E-state index in [-0.39, 0.29) is 5.54 Å². The van der Waals surface area contributed by atoms with Gasteiger partial charge in [0.2, 0.25) is 0 Å². The van der Waals surface area contributed by atoms with Crippen LogP contribution in [0.3, 0.4) is 0 Å². The van der Waals surface area contributed by atoms with E-state index in [1.54, 1.807) is 0 Å². The van der Waals surface area contributed by atoms with Gasteiger partial charge in [-0.1, -0.05) is 12.8 Å². The Kier molecular flexibility index (Phi) is 1.49. The number of carboxylic acids is 1. The highest BCUT2D eigenvalue weighted by Crippen LogP contribution is 2.56. The Labute approximate surface area is 71.9 Å². The normalized spacial score (nSPS) is 30.1. The van der Waals surface area contributed by atoms with Gasteiger partial charge in [-0.25, -0.2) is 0 Å². The minimum absolute atomic E-state index is 0.352. The molecule has 0 heterocycles. The summed E-state index contributed by atoms with van der Waals surface area (Å²) < 4.78 is 0. The number of carboxylic acid groups (broad SMARTS) is 1. The number of carbonyl (C=O) groups is 1.